The molecule has 0 amide bonds. The second-order valence-electron chi connectivity index (χ2n) is 15.8. The van der Waals surface area contributed by atoms with Gasteiger partial charge in [-0.25, -0.2) is 0 Å². The number of benzene rings is 9. The molecule has 0 unspecified atom stereocenters. The predicted molar refractivity (Wildman–Crippen MR) is 270 cm³/mol. The van der Waals surface area contributed by atoms with Gasteiger partial charge in [0.1, 0.15) is 11.0 Å². The molecule has 320 valence electrons. The number of rotatable bonds is 12. The van der Waals surface area contributed by atoms with E-state index < -0.39 is 21.2 Å². The molecular formula is C58H38N4O4S. The molecule has 0 saturated heterocycles. The highest BCUT2D eigenvalue weighted by Crippen LogP contribution is 2.50. The number of nitro groups is 2. The zero-order chi connectivity index (χ0) is 45.7. The lowest BCUT2D eigenvalue weighted by Gasteiger charge is -2.19. The number of hydrogen-bond acceptors (Lipinski definition) is 7. The summed E-state index contributed by atoms with van der Waals surface area (Å²) in [6.07, 6.45) is 0. The molecule has 1 heterocycles. The molecule has 9 aromatic carbocycles. The molecule has 0 aliphatic heterocycles. The van der Waals surface area contributed by atoms with Gasteiger partial charge in [0.05, 0.1) is 32.7 Å². The lowest BCUT2D eigenvalue weighted by Crippen LogP contribution is -2.03. The Balaban J connectivity index is 1.15. The fourth-order valence-corrected chi connectivity index (χ4v) is 9.50. The highest BCUT2D eigenvalue weighted by molar-refractivity contribution is 7.00. The van der Waals surface area contributed by atoms with E-state index in [2.05, 4.69) is 81.5 Å². The number of fused-ring (bicyclic) bond motifs is 1. The van der Waals surface area contributed by atoms with Crippen molar-refractivity contribution in [2.45, 2.75) is 0 Å². The van der Waals surface area contributed by atoms with Crippen molar-refractivity contribution in [2.75, 3.05) is 0 Å². The van der Waals surface area contributed by atoms with Gasteiger partial charge in [0.2, 0.25) is 0 Å². The maximum atomic E-state index is 13.3. The Morgan fingerprint density at radius 3 is 0.731 bits per heavy atom. The van der Waals surface area contributed by atoms with Crippen LogP contribution in [0.5, 0.6) is 0 Å². The van der Waals surface area contributed by atoms with Crippen LogP contribution in [0.2, 0.25) is 0 Å². The average Bonchev–Trinajstić information content (AvgIpc) is 3.88. The van der Waals surface area contributed by atoms with E-state index in [-0.39, 0.29) is 22.2 Å². The lowest BCUT2D eigenvalue weighted by atomic mass is 9.85. The van der Waals surface area contributed by atoms with E-state index in [1.807, 2.05) is 133 Å². The normalized spacial score (nSPS) is 10.9. The van der Waals surface area contributed by atoms with Gasteiger partial charge in [-0.15, -0.1) is 0 Å². The second-order valence-corrected chi connectivity index (χ2v) is 16.3. The molecule has 0 saturated carbocycles. The number of hydrogen-bond donors (Lipinski definition) is 0. The van der Waals surface area contributed by atoms with Gasteiger partial charge in [-0.3, -0.25) is 20.2 Å². The summed E-state index contributed by atoms with van der Waals surface area (Å²) in [4.78, 5) is 25.3. The number of nitro benzene ring substituents is 2. The summed E-state index contributed by atoms with van der Waals surface area (Å²) in [7, 11) is 0. The van der Waals surface area contributed by atoms with Crippen molar-refractivity contribution in [2.24, 2.45) is 0 Å². The zero-order valence-electron chi connectivity index (χ0n) is 35.8. The Kier molecular flexibility index (Phi) is 11.7. The summed E-state index contributed by atoms with van der Waals surface area (Å²) in [6, 6.07) is 75.5. The van der Waals surface area contributed by atoms with Crippen LogP contribution in [-0.2, 0) is 0 Å². The van der Waals surface area contributed by atoms with Gasteiger partial charge in [-0.1, -0.05) is 231 Å². The first-order chi connectivity index (χ1) is 33.0. The Bertz CT molecular complexity index is 3140. The van der Waals surface area contributed by atoms with Gasteiger partial charge in [0.15, 0.2) is 0 Å². The topological polar surface area (TPSA) is 112 Å². The molecule has 0 fully saturated rings. The monoisotopic (exact) mass is 886 g/mol. The summed E-state index contributed by atoms with van der Waals surface area (Å²) in [6.45, 7) is 0. The van der Waals surface area contributed by atoms with Crippen molar-refractivity contribution in [1.82, 2.24) is 8.75 Å². The summed E-state index contributed by atoms with van der Waals surface area (Å²) < 4.78 is 9.20. The van der Waals surface area contributed by atoms with Crippen LogP contribution < -0.4 is 0 Å². The van der Waals surface area contributed by atoms with E-state index in [1.165, 1.54) is 0 Å². The molecule has 0 radical (unpaired) electrons. The largest absolute Gasteiger partial charge is 0.356 e. The van der Waals surface area contributed by atoms with Crippen molar-refractivity contribution < 1.29 is 9.85 Å². The summed E-state index contributed by atoms with van der Waals surface area (Å²) in [5.41, 5.74) is 11.6. The van der Waals surface area contributed by atoms with E-state index >= 15 is 0 Å². The molecule has 0 bridgehead atoms. The van der Waals surface area contributed by atoms with Crippen LogP contribution in [0, 0.1) is 20.2 Å². The van der Waals surface area contributed by atoms with Gasteiger partial charge in [-0.05, 0) is 77.9 Å². The van der Waals surface area contributed by atoms with Crippen molar-refractivity contribution in [3.05, 3.63) is 295 Å². The van der Waals surface area contributed by atoms with Crippen LogP contribution in [0.4, 0.5) is 11.4 Å². The Morgan fingerprint density at radius 1 is 0.313 bits per heavy atom. The third-order valence-corrected chi connectivity index (χ3v) is 12.4. The van der Waals surface area contributed by atoms with Gasteiger partial charge in [0.25, 0.3) is 0 Å². The zero-order valence-corrected chi connectivity index (χ0v) is 36.6. The highest BCUT2D eigenvalue weighted by Gasteiger charge is 2.39. The maximum Gasteiger partial charge on any atom is 0.356 e. The van der Waals surface area contributed by atoms with Crippen molar-refractivity contribution in [3.63, 3.8) is 0 Å². The molecule has 8 nitrogen and oxygen atoms in total. The minimum atomic E-state index is -0.668. The van der Waals surface area contributed by atoms with Crippen molar-refractivity contribution >= 4 is 56.4 Å². The van der Waals surface area contributed by atoms with E-state index in [0.29, 0.717) is 11.1 Å². The Morgan fingerprint density at radius 2 is 0.522 bits per heavy atom. The van der Waals surface area contributed by atoms with E-state index in [0.717, 1.165) is 78.5 Å². The average molecular weight is 887 g/mol. The van der Waals surface area contributed by atoms with Crippen LogP contribution >= 0.6 is 11.7 Å². The van der Waals surface area contributed by atoms with Gasteiger partial charge in [-0.2, -0.15) is 8.75 Å². The molecule has 0 aliphatic rings. The third-order valence-electron chi connectivity index (χ3n) is 11.8. The molecule has 0 spiro atoms. The molecule has 0 atom stereocenters. The molecule has 10 aromatic rings. The molecule has 10 rings (SSSR count). The van der Waals surface area contributed by atoms with Crippen LogP contribution in [0.15, 0.2) is 231 Å². The van der Waals surface area contributed by atoms with Crippen molar-refractivity contribution in [1.29, 1.82) is 0 Å². The van der Waals surface area contributed by atoms with E-state index in [4.69, 9.17) is 0 Å². The highest BCUT2D eigenvalue weighted by atomic mass is 32.1. The van der Waals surface area contributed by atoms with Crippen molar-refractivity contribution in [3.8, 4) is 22.3 Å². The molecular weight excluding hydrogens is 849 g/mol. The minimum absolute atomic E-state index is 0.0358. The molecule has 1 aromatic heterocycles. The first-order valence-corrected chi connectivity index (χ1v) is 22.3. The standard InChI is InChI=1S/C58H38N4O4S/c63-61(64)57-53(47-35-31-45(32-36-47)51(43-27-15-5-16-28-43)49(39-19-7-1-8-20-39)40-21-9-2-10-22-40)55-56(60-67-59-55)54(58(57)62(65)66)48-37-33-46(34-38-48)52(44-29-17-6-18-30-44)50(41-23-11-3-12-24-41)42-25-13-4-14-26-42/h1-38H. The maximum absolute atomic E-state index is 13.3. The first kappa shape index (κ1) is 42.1. The summed E-state index contributed by atoms with van der Waals surface area (Å²) >= 11 is 0.860. The molecule has 0 N–H and O–H groups in total. The fourth-order valence-electron chi connectivity index (χ4n) is 8.94. The smallest absolute Gasteiger partial charge is 0.258 e. The second kappa shape index (κ2) is 18.7. The van der Waals surface area contributed by atoms with Crippen LogP contribution in [-0.4, -0.2) is 18.6 Å². The number of nitrogens with zero attached hydrogens (tertiary/aromatic N) is 4. The summed E-state index contributed by atoms with van der Waals surface area (Å²) in [5, 5.41) is 26.6. The van der Waals surface area contributed by atoms with Gasteiger partial charge >= 0.3 is 11.4 Å². The quantitative estimate of drug-likeness (QED) is 0.0686. The van der Waals surface area contributed by atoms with Gasteiger partial charge in [0, 0.05) is 0 Å². The first-order valence-electron chi connectivity index (χ1n) is 21.6. The number of aromatic nitrogens is 2. The van der Waals surface area contributed by atoms with Gasteiger partial charge < -0.3 is 0 Å². The molecule has 67 heavy (non-hydrogen) atoms. The summed E-state index contributed by atoms with van der Waals surface area (Å²) in [5.74, 6) is 0. The van der Waals surface area contributed by atoms with Crippen LogP contribution in [0.3, 0.4) is 0 Å². The molecule has 9 heteroatoms. The Labute approximate surface area is 390 Å². The fraction of sp³-hybridized carbons (Fsp3) is 0. The predicted octanol–water partition coefficient (Wildman–Crippen LogP) is 14.9. The van der Waals surface area contributed by atoms with E-state index in [9.17, 15) is 20.2 Å². The minimum Gasteiger partial charge on any atom is -0.258 e. The Hall–Kier alpha value is -8.92. The third kappa shape index (κ3) is 8.23. The SMILES string of the molecule is O=[N+]([O-])c1c([N+](=O)[O-])c(-c2ccc(C(=C(c3ccccc3)c3ccccc3)c3ccccc3)cc2)c2nsnc2c1-c1ccc(C(=C(c2ccccc2)c2ccccc2)c2ccccc2)cc1. The van der Waals surface area contributed by atoms with Crippen LogP contribution in [0.25, 0.3) is 55.6 Å². The van der Waals surface area contributed by atoms with E-state index in [1.54, 1.807) is 24.3 Å². The lowest BCUT2D eigenvalue weighted by molar-refractivity contribution is -0.421. The molecule has 0 aliphatic carbocycles. The van der Waals surface area contributed by atoms with Crippen LogP contribution in [0.1, 0.15) is 44.5 Å².